The number of carboxylic acids is 1. The molecule has 1 saturated carbocycles. The lowest BCUT2D eigenvalue weighted by Crippen LogP contribution is -2.39. The van der Waals surface area contributed by atoms with E-state index in [-0.39, 0.29) is 35.8 Å². The summed E-state index contributed by atoms with van der Waals surface area (Å²) >= 11 is 5.65. The molecule has 1 unspecified atom stereocenters. The first-order valence-corrected chi connectivity index (χ1v) is 8.51. The van der Waals surface area contributed by atoms with Gasteiger partial charge in [0.25, 0.3) is 0 Å². The van der Waals surface area contributed by atoms with Crippen LogP contribution in [0.15, 0.2) is 18.2 Å². The van der Waals surface area contributed by atoms with Gasteiger partial charge in [-0.25, -0.2) is 4.39 Å². The van der Waals surface area contributed by atoms with Crippen molar-refractivity contribution in [3.8, 4) is 0 Å². The van der Waals surface area contributed by atoms with Gasteiger partial charge < -0.3 is 15.3 Å². The zero-order chi connectivity index (χ0) is 18.1. The minimum Gasteiger partial charge on any atom is -0.481 e. The Balaban J connectivity index is 1.61. The van der Waals surface area contributed by atoms with E-state index in [1.54, 1.807) is 0 Å². The molecule has 6 nitrogen and oxygen atoms in total. The summed E-state index contributed by atoms with van der Waals surface area (Å²) in [5, 5.41) is 11.8. The molecule has 1 saturated heterocycles. The summed E-state index contributed by atoms with van der Waals surface area (Å²) in [5.41, 5.74) is 0.369. The predicted molar refractivity (Wildman–Crippen MR) is 88.8 cm³/mol. The van der Waals surface area contributed by atoms with Crippen molar-refractivity contribution in [1.29, 1.82) is 0 Å². The number of hydrogen-bond acceptors (Lipinski definition) is 3. The molecule has 1 heterocycles. The molecule has 3 rings (SSSR count). The van der Waals surface area contributed by atoms with Gasteiger partial charge in [-0.2, -0.15) is 0 Å². The number of hydrogen-bond donors (Lipinski definition) is 2. The molecule has 0 radical (unpaired) electrons. The minimum atomic E-state index is -0.844. The average molecular weight is 369 g/mol. The van der Waals surface area contributed by atoms with Gasteiger partial charge in [-0.15, -0.1) is 0 Å². The Hall–Kier alpha value is -2.15. The highest BCUT2D eigenvalue weighted by atomic mass is 35.5. The molecule has 134 valence electrons. The molecular formula is C17H18ClFN2O4. The van der Waals surface area contributed by atoms with E-state index in [2.05, 4.69) is 5.32 Å². The molecule has 1 aromatic rings. The van der Waals surface area contributed by atoms with Gasteiger partial charge in [0.1, 0.15) is 5.82 Å². The first-order valence-electron chi connectivity index (χ1n) is 8.13. The van der Waals surface area contributed by atoms with Gasteiger partial charge >= 0.3 is 5.97 Å². The van der Waals surface area contributed by atoms with E-state index in [9.17, 15) is 18.8 Å². The van der Waals surface area contributed by atoms with Crippen LogP contribution in [0.5, 0.6) is 0 Å². The molecule has 2 aliphatic rings. The van der Waals surface area contributed by atoms with Gasteiger partial charge in [0.05, 0.1) is 16.9 Å². The summed E-state index contributed by atoms with van der Waals surface area (Å²) < 4.78 is 13.6. The number of rotatable bonds is 4. The Morgan fingerprint density at radius 3 is 2.68 bits per heavy atom. The molecule has 25 heavy (non-hydrogen) atoms. The third kappa shape index (κ3) is 3.76. The number of nitrogens with zero attached hydrogens (tertiary/aromatic N) is 1. The molecule has 2 fully saturated rings. The fourth-order valence-corrected chi connectivity index (χ4v) is 3.56. The number of benzene rings is 1. The molecule has 2 amide bonds. The lowest BCUT2D eigenvalue weighted by atomic mass is 10.1. The summed E-state index contributed by atoms with van der Waals surface area (Å²) in [6.45, 7) is 0.167. The maximum atomic E-state index is 13.6. The zero-order valence-electron chi connectivity index (χ0n) is 13.4. The highest BCUT2D eigenvalue weighted by Crippen LogP contribution is 2.29. The number of nitrogens with one attached hydrogen (secondary N) is 1. The van der Waals surface area contributed by atoms with Crippen molar-refractivity contribution in [3.05, 3.63) is 29.0 Å². The van der Waals surface area contributed by atoms with E-state index in [0.29, 0.717) is 24.9 Å². The smallest absolute Gasteiger partial charge is 0.306 e. The highest BCUT2D eigenvalue weighted by molar-refractivity contribution is 6.30. The van der Waals surface area contributed by atoms with Crippen molar-refractivity contribution < 1.29 is 23.9 Å². The Kier molecular flexibility index (Phi) is 4.94. The van der Waals surface area contributed by atoms with Crippen LogP contribution in [0.1, 0.15) is 25.7 Å². The molecule has 2 N–H and O–H groups in total. The van der Waals surface area contributed by atoms with Gasteiger partial charge in [-0.1, -0.05) is 11.6 Å². The number of carboxylic acid groups (broad SMARTS) is 1. The van der Waals surface area contributed by atoms with Gasteiger partial charge in [0.2, 0.25) is 11.8 Å². The number of carbonyl (C=O) groups is 3. The standard InChI is InChI=1S/C17H18ClFN2O4/c18-13-4-3-12(7-14(13)19)21-8-10(6-15(21)22)16(23)20-11-2-1-9(5-11)17(24)25/h3-4,7,9-11H,1-2,5-6,8H2,(H,20,23)(H,24,25)/t9-,10?,11+/m0/s1. The molecular weight excluding hydrogens is 351 g/mol. The number of carbonyl (C=O) groups excluding carboxylic acids is 2. The van der Waals surface area contributed by atoms with Crippen molar-refractivity contribution in [2.45, 2.75) is 31.7 Å². The predicted octanol–water partition coefficient (Wildman–Crippen LogP) is 2.20. The molecule has 1 aromatic carbocycles. The number of amides is 2. The summed E-state index contributed by atoms with van der Waals surface area (Å²) in [5.74, 6) is -2.94. The third-order valence-electron chi connectivity index (χ3n) is 4.84. The zero-order valence-corrected chi connectivity index (χ0v) is 14.1. The quantitative estimate of drug-likeness (QED) is 0.853. The fraction of sp³-hybridized carbons (Fsp3) is 0.471. The molecule has 8 heteroatoms. The van der Waals surface area contributed by atoms with Crippen molar-refractivity contribution in [3.63, 3.8) is 0 Å². The van der Waals surface area contributed by atoms with Crippen LogP contribution in [0.4, 0.5) is 10.1 Å². The lowest BCUT2D eigenvalue weighted by Gasteiger charge is -2.18. The summed E-state index contributed by atoms with van der Waals surface area (Å²) in [7, 11) is 0. The number of aliphatic carboxylic acids is 1. The monoisotopic (exact) mass is 368 g/mol. The van der Waals surface area contributed by atoms with E-state index in [1.165, 1.54) is 23.1 Å². The third-order valence-corrected chi connectivity index (χ3v) is 5.15. The largest absolute Gasteiger partial charge is 0.481 e. The maximum absolute atomic E-state index is 13.6. The Bertz CT molecular complexity index is 727. The maximum Gasteiger partial charge on any atom is 0.306 e. The van der Waals surface area contributed by atoms with Crippen LogP contribution >= 0.6 is 11.6 Å². The van der Waals surface area contributed by atoms with Gasteiger partial charge in [0.15, 0.2) is 0 Å². The molecule has 3 atom stereocenters. The molecule has 0 bridgehead atoms. The summed E-state index contributed by atoms with van der Waals surface area (Å²) in [6, 6.07) is 3.91. The van der Waals surface area contributed by atoms with Crippen LogP contribution in [0.2, 0.25) is 5.02 Å². The topological polar surface area (TPSA) is 86.7 Å². The highest BCUT2D eigenvalue weighted by Gasteiger charge is 2.37. The normalized spacial score (nSPS) is 26.1. The molecule has 0 spiro atoms. The number of anilines is 1. The molecule has 1 aliphatic heterocycles. The van der Waals surface area contributed by atoms with Gasteiger partial charge in [0, 0.05) is 24.7 Å². The van der Waals surface area contributed by atoms with E-state index in [1.807, 2.05) is 0 Å². The summed E-state index contributed by atoms with van der Waals surface area (Å²) in [4.78, 5) is 36.9. The van der Waals surface area contributed by atoms with E-state index in [0.717, 1.165) is 0 Å². The van der Waals surface area contributed by atoms with Crippen LogP contribution in [-0.4, -0.2) is 35.5 Å². The van der Waals surface area contributed by atoms with Crippen molar-refractivity contribution in [2.75, 3.05) is 11.4 Å². The van der Waals surface area contributed by atoms with Gasteiger partial charge in [-0.3, -0.25) is 14.4 Å². The van der Waals surface area contributed by atoms with Crippen LogP contribution in [0.3, 0.4) is 0 Å². The van der Waals surface area contributed by atoms with Crippen molar-refractivity contribution in [1.82, 2.24) is 5.32 Å². The van der Waals surface area contributed by atoms with Crippen LogP contribution < -0.4 is 10.2 Å². The van der Waals surface area contributed by atoms with E-state index in [4.69, 9.17) is 16.7 Å². The molecule has 1 aliphatic carbocycles. The minimum absolute atomic E-state index is 0.0288. The Morgan fingerprint density at radius 2 is 2.04 bits per heavy atom. The lowest BCUT2D eigenvalue weighted by molar-refractivity contribution is -0.141. The first-order chi connectivity index (χ1) is 11.8. The second-order valence-electron chi connectivity index (χ2n) is 6.56. The first kappa shape index (κ1) is 17.7. The van der Waals surface area contributed by atoms with Crippen LogP contribution in [0.25, 0.3) is 0 Å². The van der Waals surface area contributed by atoms with Crippen molar-refractivity contribution >= 4 is 35.1 Å². The Morgan fingerprint density at radius 1 is 1.28 bits per heavy atom. The van der Waals surface area contributed by atoms with Gasteiger partial charge in [-0.05, 0) is 37.5 Å². The van der Waals surface area contributed by atoms with Crippen molar-refractivity contribution in [2.24, 2.45) is 11.8 Å². The second kappa shape index (κ2) is 7.00. The van der Waals surface area contributed by atoms with E-state index < -0.39 is 23.6 Å². The second-order valence-corrected chi connectivity index (χ2v) is 6.96. The average Bonchev–Trinajstić information content (AvgIpc) is 3.17. The molecule has 0 aromatic heterocycles. The van der Waals surface area contributed by atoms with Crippen LogP contribution in [0, 0.1) is 17.7 Å². The Labute approximate surface area is 148 Å². The van der Waals surface area contributed by atoms with E-state index >= 15 is 0 Å². The number of halogens is 2. The summed E-state index contributed by atoms with van der Waals surface area (Å²) in [6.07, 6.45) is 1.62. The SMILES string of the molecule is O=C(N[C@@H]1CC[C@H](C(=O)O)C1)C1CC(=O)N(c2ccc(Cl)c(F)c2)C1. The van der Waals surface area contributed by atoms with Crippen LogP contribution in [-0.2, 0) is 14.4 Å². The fourth-order valence-electron chi connectivity index (χ4n) is 3.44.